The van der Waals surface area contributed by atoms with Gasteiger partial charge in [-0.15, -0.1) is 0 Å². The summed E-state index contributed by atoms with van der Waals surface area (Å²) in [7, 11) is 0. The fourth-order valence-electron chi connectivity index (χ4n) is 1.54. The van der Waals surface area contributed by atoms with Crippen LogP contribution in [0.2, 0.25) is 10.2 Å². The van der Waals surface area contributed by atoms with Crippen LogP contribution in [0.3, 0.4) is 0 Å². The molecule has 1 aromatic heterocycles. The van der Waals surface area contributed by atoms with Gasteiger partial charge in [-0.05, 0) is 48.0 Å². The van der Waals surface area contributed by atoms with E-state index < -0.39 is 0 Å². The highest BCUT2D eigenvalue weighted by molar-refractivity contribution is 6.30. The maximum absolute atomic E-state index is 5.80. The molecule has 5 heteroatoms. The molecule has 2 aromatic rings. The Morgan fingerprint density at radius 3 is 2.39 bits per heavy atom. The molecule has 96 valence electrons. The largest absolute Gasteiger partial charge is 0.493 e. The fraction of sp³-hybridized carbons (Fsp3) is 0.231. The third-order valence-corrected chi connectivity index (χ3v) is 3.00. The quantitative estimate of drug-likeness (QED) is 0.911. The zero-order valence-corrected chi connectivity index (χ0v) is 11.1. The first-order valence-electron chi connectivity index (χ1n) is 5.52. The van der Waals surface area contributed by atoms with Gasteiger partial charge in [0, 0.05) is 11.6 Å². The molecule has 2 rings (SSSR count). The minimum atomic E-state index is -0.0202. The average Bonchev–Trinajstić information content (AvgIpc) is 2.79. The van der Waals surface area contributed by atoms with Crippen molar-refractivity contribution in [3.8, 4) is 5.75 Å². The summed E-state index contributed by atoms with van der Waals surface area (Å²) >= 11 is 11.5. The topological polar surface area (TPSA) is 48.4 Å². The van der Waals surface area contributed by atoms with Crippen molar-refractivity contribution in [1.82, 2.24) is 0 Å². The first-order valence-corrected chi connectivity index (χ1v) is 6.28. The minimum absolute atomic E-state index is 0.0202. The Bertz CT molecular complexity index is 496. The summed E-state index contributed by atoms with van der Waals surface area (Å²) in [4.78, 5) is 0. The summed E-state index contributed by atoms with van der Waals surface area (Å²) in [6.07, 6.45) is 0. The highest BCUT2D eigenvalue weighted by Gasteiger charge is 2.14. The molecule has 0 radical (unpaired) electrons. The van der Waals surface area contributed by atoms with Crippen LogP contribution in [-0.2, 0) is 0 Å². The van der Waals surface area contributed by atoms with Crippen LogP contribution < -0.4 is 10.5 Å². The van der Waals surface area contributed by atoms with Gasteiger partial charge in [-0.3, -0.25) is 0 Å². The van der Waals surface area contributed by atoms with E-state index in [9.17, 15) is 0 Å². The van der Waals surface area contributed by atoms with Crippen molar-refractivity contribution in [2.75, 3.05) is 13.2 Å². The molecule has 1 aromatic carbocycles. The molecule has 0 aliphatic heterocycles. The molecule has 0 spiro atoms. The zero-order chi connectivity index (χ0) is 13.0. The van der Waals surface area contributed by atoms with Gasteiger partial charge in [0.25, 0.3) is 0 Å². The van der Waals surface area contributed by atoms with E-state index >= 15 is 0 Å². The van der Waals surface area contributed by atoms with Crippen LogP contribution in [-0.4, -0.2) is 13.2 Å². The van der Waals surface area contributed by atoms with Crippen LogP contribution in [0.4, 0.5) is 0 Å². The standard InChI is InChI=1S/C13H13Cl2NO2/c14-10-1-3-11(4-2-10)17-8-9(7-16)12-5-6-13(15)18-12/h1-6,9H,7-8,16H2. The molecule has 0 saturated heterocycles. The van der Waals surface area contributed by atoms with Crippen LogP contribution in [0, 0.1) is 0 Å². The van der Waals surface area contributed by atoms with Gasteiger partial charge in [0.1, 0.15) is 11.5 Å². The molecule has 0 fully saturated rings. The first-order chi connectivity index (χ1) is 8.69. The maximum atomic E-state index is 5.80. The molecule has 0 saturated carbocycles. The molecule has 1 unspecified atom stereocenters. The number of hydrogen-bond acceptors (Lipinski definition) is 3. The predicted octanol–water partition coefficient (Wildman–Crippen LogP) is 3.71. The molecule has 2 N–H and O–H groups in total. The van der Waals surface area contributed by atoms with Crippen LogP contribution >= 0.6 is 23.2 Å². The van der Waals surface area contributed by atoms with E-state index in [1.165, 1.54) is 0 Å². The summed E-state index contributed by atoms with van der Waals surface area (Å²) < 4.78 is 11.0. The van der Waals surface area contributed by atoms with Gasteiger partial charge in [-0.2, -0.15) is 0 Å². The normalized spacial score (nSPS) is 12.4. The Balaban J connectivity index is 1.97. The molecule has 1 atom stereocenters. The van der Waals surface area contributed by atoms with Crippen LogP contribution in [0.1, 0.15) is 11.7 Å². The predicted molar refractivity (Wildman–Crippen MR) is 72.5 cm³/mol. The number of rotatable bonds is 5. The van der Waals surface area contributed by atoms with Crippen LogP contribution in [0.5, 0.6) is 5.75 Å². The SMILES string of the molecule is NCC(COc1ccc(Cl)cc1)c1ccc(Cl)o1. The van der Waals surface area contributed by atoms with Gasteiger partial charge >= 0.3 is 0 Å². The molecule has 0 bridgehead atoms. The van der Waals surface area contributed by atoms with Crippen molar-refractivity contribution >= 4 is 23.2 Å². The maximum Gasteiger partial charge on any atom is 0.193 e. The Kier molecular flexibility index (Phi) is 4.53. The molecule has 0 amide bonds. The molecule has 1 heterocycles. The lowest BCUT2D eigenvalue weighted by atomic mass is 10.1. The van der Waals surface area contributed by atoms with Crippen molar-refractivity contribution in [3.63, 3.8) is 0 Å². The molecular formula is C13H13Cl2NO2. The summed E-state index contributed by atoms with van der Waals surface area (Å²) in [6.45, 7) is 0.861. The second-order valence-electron chi connectivity index (χ2n) is 3.84. The Morgan fingerprint density at radius 1 is 1.11 bits per heavy atom. The number of halogens is 2. The van der Waals surface area contributed by atoms with E-state index in [2.05, 4.69) is 0 Å². The van der Waals surface area contributed by atoms with E-state index in [-0.39, 0.29) is 5.92 Å². The lowest BCUT2D eigenvalue weighted by Crippen LogP contribution is -2.19. The Morgan fingerprint density at radius 2 is 1.83 bits per heavy atom. The van der Waals surface area contributed by atoms with E-state index in [1.807, 2.05) is 18.2 Å². The van der Waals surface area contributed by atoms with Gasteiger partial charge in [0.05, 0.1) is 12.5 Å². The molecular weight excluding hydrogens is 273 g/mol. The van der Waals surface area contributed by atoms with E-state index in [0.29, 0.717) is 23.4 Å². The van der Waals surface area contributed by atoms with Gasteiger partial charge in [0.15, 0.2) is 5.22 Å². The Hall–Kier alpha value is -1.16. The van der Waals surface area contributed by atoms with Gasteiger partial charge in [0.2, 0.25) is 0 Å². The monoisotopic (exact) mass is 285 g/mol. The average molecular weight is 286 g/mol. The smallest absolute Gasteiger partial charge is 0.193 e. The molecule has 18 heavy (non-hydrogen) atoms. The van der Waals surface area contributed by atoms with Gasteiger partial charge < -0.3 is 14.9 Å². The first kappa shape index (κ1) is 13.3. The second kappa shape index (κ2) is 6.14. The molecule has 3 nitrogen and oxygen atoms in total. The summed E-state index contributed by atoms with van der Waals surface area (Å²) in [6, 6.07) is 10.7. The summed E-state index contributed by atoms with van der Waals surface area (Å²) in [5.74, 6) is 1.46. The van der Waals surface area contributed by atoms with E-state index in [1.54, 1.807) is 18.2 Å². The molecule has 0 aliphatic carbocycles. The highest BCUT2D eigenvalue weighted by Crippen LogP contribution is 2.23. The lowest BCUT2D eigenvalue weighted by molar-refractivity contribution is 0.273. The number of hydrogen-bond donors (Lipinski definition) is 1. The highest BCUT2D eigenvalue weighted by atomic mass is 35.5. The minimum Gasteiger partial charge on any atom is -0.493 e. The Labute approximate surface area is 115 Å². The summed E-state index contributed by atoms with van der Waals surface area (Å²) in [5.41, 5.74) is 5.70. The van der Waals surface area contributed by atoms with Crippen molar-refractivity contribution < 1.29 is 9.15 Å². The number of benzene rings is 1. The van der Waals surface area contributed by atoms with Crippen molar-refractivity contribution in [2.24, 2.45) is 5.73 Å². The van der Waals surface area contributed by atoms with Gasteiger partial charge in [-0.1, -0.05) is 11.6 Å². The van der Waals surface area contributed by atoms with Crippen LogP contribution in [0.25, 0.3) is 0 Å². The van der Waals surface area contributed by atoms with Crippen LogP contribution in [0.15, 0.2) is 40.8 Å². The number of nitrogens with two attached hydrogens (primary N) is 1. The van der Waals surface area contributed by atoms with Crippen molar-refractivity contribution in [1.29, 1.82) is 0 Å². The van der Waals surface area contributed by atoms with Gasteiger partial charge in [-0.25, -0.2) is 0 Å². The third-order valence-electron chi connectivity index (χ3n) is 2.55. The van der Waals surface area contributed by atoms with E-state index in [4.69, 9.17) is 38.1 Å². The fourth-order valence-corrected chi connectivity index (χ4v) is 1.82. The van der Waals surface area contributed by atoms with Crippen molar-refractivity contribution in [2.45, 2.75) is 5.92 Å². The van der Waals surface area contributed by atoms with Crippen molar-refractivity contribution in [3.05, 3.63) is 52.4 Å². The second-order valence-corrected chi connectivity index (χ2v) is 4.65. The number of ether oxygens (including phenoxy) is 1. The molecule has 0 aliphatic rings. The third kappa shape index (κ3) is 3.42. The number of furan rings is 1. The zero-order valence-electron chi connectivity index (χ0n) is 9.61. The van der Waals surface area contributed by atoms with E-state index in [0.717, 1.165) is 11.5 Å². The lowest BCUT2D eigenvalue weighted by Gasteiger charge is -2.13. The summed E-state index contributed by atoms with van der Waals surface area (Å²) in [5, 5.41) is 1.03.